The molecule has 36 heavy (non-hydrogen) atoms. The van der Waals surface area contributed by atoms with Gasteiger partial charge in [-0.05, 0) is 72.0 Å². The molecule has 2 aromatic heterocycles. The van der Waals surface area contributed by atoms with Crippen LogP contribution in [0.3, 0.4) is 0 Å². The van der Waals surface area contributed by atoms with Crippen LogP contribution in [0.1, 0.15) is 58.4 Å². The van der Waals surface area contributed by atoms with Gasteiger partial charge in [-0.1, -0.05) is 30.3 Å². The molecule has 4 aromatic rings. The molecule has 0 unspecified atom stereocenters. The van der Waals surface area contributed by atoms with Crippen LogP contribution in [0.4, 0.5) is 5.69 Å². The fraction of sp³-hybridized carbons (Fsp3) is 0.103. The quantitative estimate of drug-likeness (QED) is 0.281. The molecule has 2 heterocycles. The summed E-state index contributed by atoms with van der Waals surface area (Å²) in [7, 11) is 0. The molecule has 0 bridgehead atoms. The van der Waals surface area contributed by atoms with Gasteiger partial charge in [0.1, 0.15) is 11.4 Å². The Balaban J connectivity index is 1.59. The number of hydrogen-bond donors (Lipinski definition) is 1. The fourth-order valence-corrected chi connectivity index (χ4v) is 3.93. The molecule has 0 saturated carbocycles. The Morgan fingerprint density at radius 3 is 1.92 bits per heavy atom. The largest absolute Gasteiger partial charge is 0.320 e. The molecule has 178 valence electrons. The lowest BCUT2D eigenvalue weighted by molar-refractivity contribution is 0.0985. The number of nitrogens with one attached hydrogen (secondary N) is 1. The van der Waals surface area contributed by atoms with E-state index in [4.69, 9.17) is 0 Å². The molecule has 0 fully saturated rings. The van der Waals surface area contributed by atoms with Crippen LogP contribution < -0.4 is 5.32 Å². The first-order valence-corrected chi connectivity index (χ1v) is 11.3. The first-order valence-electron chi connectivity index (χ1n) is 11.3. The molecular weight excluding hydrogens is 454 g/mol. The third kappa shape index (κ3) is 5.15. The van der Waals surface area contributed by atoms with E-state index in [0.717, 1.165) is 27.8 Å². The maximum absolute atomic E-state index is 12.8. The highest BCUT2D eigenvalue weighted by Crippen LogP contribution is 2.32. The molecule has 0 aliphatic carbocycles. The van der Waals surface area contributed by atoms with E-state index >= 15 is 0 Å². The number of benzene rings is 2. The maximum atomic E-state index is 12.8. The Morgan fingerprint density at radius 1 is 0.750 bits per heavy atom. The van der Waals surface area contributed by atoms with Crippen molar-refractivity contribution in [1.82, 2.24) is 9.97 Å². The van der Waals surface area contributed by atoms with Crippen molar-refractivity contribution in [3.8, 4) is 11.1 Å². The van der Waals surface area contributed by atoms with Crippen LogP contribution in [0, 0.1) is 13.8 Å². The molecule has 0 atom stereocenters. The molecule has 1 amide bonds. The zero-order chi connectivity index (χ0) is 25.7. The Labute approximate surface area is 208 Å². The zero-order valence-corrected chi connectivity index (χ0v) is 19.8. The van der Waals surface area contributed by atoms with Crippen molar-refractivity contribution in [3.63, 3.8) is 0 Å². The maximum Gasteiger partial charge on any atom is 0.274 e. The highest BCUT2D eigenvalue weighted by Gasteiger charge is 2.16. The SMILES string of the molecule is Cc1c(CC(=O)c2ccc(C=O)cn2)cccc1-c1cccc(NC(=O)c2ccc(C=O)cn2)c1C. The van der Waals surface area contributed by atoms with Gasteiger partial charge < -0.3 is 5.32 Å². The number of carbonyl (C=O) groups excluding carboxylic acids is 4. The van der Waals surface area contributed by atoms with Crippen LogP contribution in [0.15, 0.2) is 73.1 Å². The number of aldehydes is 2. The topological polar surface area (TPSA) is 106 Å². The van der Waals surface area contributed by atoms with Gasteiger partial charge in [0.25, 0.3) is 5.91 Å². The summed E-state index contributed by atoms with van der Waals surface area (Å²) in [4.78, 5) is 55.3. The molecule has 1 N–H and O–H groups in total. The lowest BCUT2D eigenvalue weighted by atomic mass is 9.91. The van der Waals surface area contributed by atoms with E-state index in [1.165, 1.54) is 18.5 Å². The summed E-state index contributed by atoms with van der Waals surface area (Å²) in [5, 5.41) is 2.89. The van der Waals surface area contributed by atoms with Gasteiger partial charge >= 0.3 is 0 Å². The van der Waals surface area contributed by atoms with Crippen molar-refractivity contribution in [2.24, 2.45) is 0 Å². The number of amides is 1. The van der Waals surface area contributed by atoms with Crippen molar-refractivity contribution < 1.29 is 19.2 Å². The molecule has 7 nitrogen and oxygen atoms in total. The van der Waals surface area contributed by atoms with Crippen molar-refractivity contribution in [2.45, 2.75) is 20.3 Å². The number of anilines is 1. The Morgan fingerprint density at radius 2 is 1.33 bits per heavy atom. The second kappa shape index (κ2) is 10.7. The van der Waals surface area contributed by atoms with Gasteiger partial charge in [0, 0.05) is 35.6 Å². The minimum Gasteiger partial charge on any atom is -0.320 e. The van der Waals surface area contributed by atoms with Gasteiger partial charge in [0.2, 0.25) is 0 Å². The average Bonchev–Trinajstić information content (AvgIpc) is 2.91. The highest BCUT2D eigenvalue weighted by molar-refractivity contribution is 6.04. The number of hydrogen-bond acceptors (Lipinski definition) is 6. The van der Waals surface area contributed by atoms with E-state index < -0.39 is 0 Å². The average molecular weight is 478 g/mol. The number of rotatable bonds is 8. The zero-order valence-electron chi connectivity index (χ0n) is 19.8. The number of nitrogens with zero attached hydrogens (tertiary/aromatic N) is 2. The normalized spacial score (nSPS) is 10.5. The summed E-state index contributed by atoms with van der Waals surface area (Å²) < 4.78 is 0. The molecule has 0 aliphatic rings. The van der Waals surface area contributed by atoms with Crippen LogP contribution in [0.5, 0.6) is 0 Å². The summed E-state index contributed by atoms with van der Waals surface area (Å²) in [5.74, 6) is -0.518. The predicted molar refractivity (Wildman–Crippen MR) is 137 cm³/mol. The minimum atomic E-state index is -0.378. The number of ketones is 1. The van der Waals surface area contributed by atoms with E-state index in [9.17, 15) is 19.2 Å². The smallest absolute Gasteiger partial charge is 0.274 e. The van der Waals surface area contributed by atoms with Gasteiger partial charge in [0.15, 0.2) is 18.4 Å². The van der Waals surface area contributed by atoms with Crippen LogP contribution in [-0.2, 0) is 6.42 Å². The third-order valence-corrected chi connectivity index (χ3v) is 6.03. The highest BCUT2D eigenvalue weighted by atomic mass is 16.2. The number of Topliss-reactive ketones (excluding diaryl/α,β-unsaturated/α-hetero) is 1. The van der Waals surface area contributed by atoms with E-state index in [2.05, 4.69) is 15.3 Å². The summed E-state index contributed by atoms with van der Waals surface area (Å²) in [6.45, 7) is 3.88. The summed E-state index contributed by atoms with van der Waals surface area (Å²) in [6.07, 6.45) is 4.27. The van der Waals surface area contributed by atoms with Crippen molar-refractivity contribution in [2.75, 3.05) is 5.32 Å². The lowest BCUT2D eigenvalue weighted by Crippen LogP contribution is -2.14. The number of carbonyl (C=O) groups is 4. The van der Waals surface area contributed by atoms with Crippen LogP contribution in [0.2, 0.25) is 0 Å². The minimum absolute atomic E-state index is 0.140. The first-order chi connectivity index (χ1) is 17.4. The monoisotopic (exact) mass is 477 g/mol. The van der Waals surface area contributed by atoms with E-state index in [1.807, 2.05) is 50.2 Å². The van der Waals surface area contributed by atoms with Gasteiger partial charge in [-0.15, -0.1) is 0 Å². The summed E-state index contributed by atoms with van der Waals surface area (Å²) in [6, 6.07) is 17.6. The molecule has 0 spiro atoms. The Hall–Kier alpha value is -4.78. The number of aromatic nitrogens is 2. The molecule has 0 radical (unpaired) electrons. The van der Waals surface area contributed by atoms with Gasteiger partial charge in [-0.3, -0.25) is 29.1 Å². The summed E-state index contributed by atoms with van der Waals surface area (Å²) in [5.41, 5.74) is 6.53. The van der Waals surface area contributed by atoms with Crippen molar-refractivity contribution in [1.29, 1.82) is 0 Å². The van der Waals surface area contributed by atoms with Gasteiger partial charge in [0.05, 0.1) is 0 Å². The molecule has 2 aromatic carbocycles. The molecule has 0 aliphatic heterocycles. The number of pyridine rings is 2. The second-order valence-electron chi connectivity index (χ2n) is 8.31. The van der Waals surface area contributed by atoms with Crippen molar-refractivity contribution in [3.05, 3.63) is 112 Å². The molecular formula is C29H23N3O4. The third-order valence-electron chi connectivity index (χ3n) is 6.03. The fourth-order valence-electron chi connectivity index (χ4n) is 3.93. The van der Waals surface area contributed by atoms with Crippen molar-refractivity contribution >= 4 is 30.0 Å². The second-order valence-corrected chi connectivity index (χ2v) is 8.31. The van der Waals surface area contributed by atoms with E-state index in [-0.39, 0.29) is 23.8 Å². The van der Waals surface area contributed by atoms with Crippen LogP contribution >= 0.6 is 0 Å². The van der Waals surface area contributed by atoms with Gasteiger partial charge in [-0.25, -0.2) is 0 Å². The first kappa shape index (κ1) is 24.3. The Kier molecular flexibility index (Phi) is 7.20. The Bertz CT molecular complexity index is 1350. The lowest BCUT2D eigenvalue weighted by Gasteiger charge is -2.16. The standard InChI is InChI=1S/C29H23N3O4/c1-18-22(13-28(35)26-11-9-20(16-33)14-30-26)5-3-6-23(18)24-7-4-8-25(19(24)2)32-29(36)27-12-10-21(17-34)15-31-27/h3-12,14-17H,13H2,1-2H3,(H,32,36). The van der Waals surface area contributed by atoms with Gasteiger partial charge in [-0.2, -0.15) is 0 Å². The molecule has 0 saturated heterocycles. The van der Waals surface area contributed by atoms with E-state index in [1.54, 1.807) is 18.2 Å². The molecule has 4 rings (SSSR count). The van der Waals surface area contributed by atoms with Crippen LogP contribution in [0.25, 0.3) is 11.1 Å². The summed E-state index contributed by atoms with van der Waals surface area (Å²) >= 11 is 0. The predicted octanol–water partition coefficient (Wildman–Crippen LogP) is 5.06. The molecule has 7 heteroatoms. The van der Waals surface area contributed by atoms with E-state index in [0.29, 0.717) is 35.1 Å². The van der Waals surface area contributed by atoms with Crippen LogP contribution in [-0.4, -0.2) is 34.2 Å².